The van der Waals surface area contributed by atoms with Crippen LogP contribution in [-0.2, 0) is 6.54 Å². The molecule has 100 valence electrons. The van der Waals surface area contributed by atoms with E-state index in [1.54, 1.807) is 6.20 Å². The zero-order valence-electron chi connectivity index (χ0n) is 11.3. The van der Waals surface area contributed by atoms with Crippen molar-refractivity contribution in [3.05, 3.63) is 29.6 Å². The lowest BCUT2D eigenvalue weighted by Gasteiger charge is -2.20. The van der Waals surface area contributed by atoms with E-state index < -0.39 is 0 Å². The second kappa shape index (κ2) is 6.96. The number of nitrogens with zero attached hydrogens (tertiary/aromatic N) is 3. The first-order valence-electron chi connectivity index (χ1n) is 6.18. The molecule has 3 N–H and O–H groups in total. The van der Waals surface area contributed by atoms with Crippen LogP contribution in [0.25, 0.3) is 0 Å². The number of rotatable bonds is 6. The smallest absolute Gasteiger partial charge is 0.188 e. The van der Waals surface area contributed by atoms with Crippen molar-refractivity contribution >= 4 is 5.84 Å². The minimum Gasteiger partial charge on any atom is -0.409 e. The topological polar surface area (TPSA) is 74.7 Å². The van der Waals surface area contributed by atoms with E-state index in [4.69, 9.17) is 10.9 Å². The first-order valence-corrected chi connectivity index (χ1v) is 6.18. The zero-order chi connectivity index (χ0) is 13.5. The van der Waals surface area contributed by atoms with Crippen molar-refractivity contribution < 1.29 is 5.21 Å². The molecule has 0 saturated heterocycles. The molecular weight excluding hydrogens is 228 g/mol. The second-order valence-corrected chi connectivity index (χ2v) is 4.74. The van der Waals surface area contributed by atoms with Crippen molar-refractivity contribution in [3.63, 3.8) is 0 Å². The molecule has 1 heterocycles. The number of nitrogens with two attached hydrogens (primary N) is 1. The van der Waals surface area contributed by atoms with E-state index in [-0.39, 0.29) is 5.84 Å². The highest BCUT2D eigenvalue weighted by Crippen LogP contribution is 2.08. The number of hydrogen-bond acceptors (Lipinski definition) is 4. The van der Waals surface area contributed by atoms with Gasteiger partial charge in [0.25, 0.3) is 0 Å². The van der Waals surface area contributed by atoms with Gasteiger partial charge in [-0.25, -0.2) is 0 Å². The van der Waals surface area contributed by atoms with E-state index in [1.807, 2.05) is 12.1 Å². The Balaban J connectivity index is 2.67. The first kappa shape index (κ1) is 14.4. The molecule has 0 aliphatic heterocycles. The lowest BCUT2D eigenvalue weighted by atomic mass is 10.1. The van der Waals surface area contributed by atoms with Crippen molar-refractivity contribution in [2.75, 3.05) is 13.6 Å². The molecule has 0 saturated carbocycles. The van der Waals surface area contributed by atoms with Gasteiger partial charge in [0.2, 0.25) is 0 Å². The van der Waals surface area contributed by atoms with Gasteiger partial charge in [0.05, 0.1) is 0 Å². The molecule has 0 bridgehead atoms. The molecule has 1 atom stereocenters. The highest BCUT2D eigenvalue weighted by atomic mass is 16.4. The number of amidine groups is 1. The van der Waals surface area contributed by atoms with E-state index >= 15 is 0 Å². The van der Waals surface area contributed by atoms with E-state index in [9.17, 15) is 0 Å². The summed E-state index contributed by atoms with van der Waals surface area (Å²) in [6.45, 7) is 6.32. The summed E-state index contributed by atoms with van der Waals surface area (Å²) in [5.74, 6) is 0.724. The summed E-state index contributed by atoms with van der Waals surface area (Å²) in [7, 11) is 2.09. The average Bonchev–Trinajstić information content (AvgIpc) is 2.37. The van der Waals surface area contributed by atoms with Gasteiger partial charge >= 0.3 is 0 Å². The number of pyridine rings is 1. The third kappa shape index (κ3) is 4.33. The van der Waals surface area contributed by atoms with Gasteiger partial charge in [-0.15, -0.1) is 0 Å². The molecule has 1 rings (SSSR count). The molecule has 0 aliphatic carbocycles. The molecule has 18 heavy (non-hydrogen) atoms. The van der Waals surface area contributed by atoms with Crippen molar-refractivity contribution in [2.24, 2.45) is 16.8 Å². The Morgan fingerprint density at radius 1 is 1.61 bits per heavy atom. The summed E-state index contributed by atoms with van der Waals surface area (Å²) < 4.78 is 0. The lowest BCUT2D eigenvalue weighted by molar-refractivity contribution is 0.275. The van der Waals surface area contributed by atoms with Crippen molar-refractivity contribution in [2.45, 2.75) is 26.8 Å². The molecule has 0 aromatic carbocycles. The number of oxime groups is 1. The molecule has 0 radical (unpaired) electrons. The Bertz CT molecular complexity index is 406. The van der Waals surface area contributed by atoms with Gasteiger partial charge in [0.15, 0.2) is 5.84 Å². The van der Waals surface area contributed by atoms with Crippen molar-refractivity contribution in [1.82, 2.24) is 9.88 Å². The predicted octanol–water partition coefficient (Wildman–Crippen LogP) is 1.65. The minimum absolute atomic E-state index is 0.0430. The van der Waals surface area contributed by atoms with E-state index in [0.29, 0.717) is 11.6 Å². The normalized spacial score (nSPS) is 13.9. The van der Waals surface area contributed by atoms with Crippen LogP contribution in [0.15, 0.2) is 23.5 Å². The van der Waals surface area contributed by atoms with Crippen molar-refractivity contribution in [1.29, 1.82) is 0 Å². The van der Waals surface area contributed by atoms with Crippen LogP contribution >= 0.6 is 0 Å². The summed E-state index contributed by atoms with van der Waals surface area (Å²) in [6.07, 6.45) is 2.86. The SMILES string of the molecule is CCC(C)CN(C)Cc1ccnc(C(N)=NO)c1. The molecule has 0 fully saturated rings. The molecule has 1 aromatic rings. The van der Waals surface area contributed by atoms with Crippen molar-refractivity contribution in [3.8, 4) is 0 Å². The number of hydrogen-bond donors (Lipinski definition) is 2. The van der Waals surface area contributed by atoms with Crippen LogP contribution in [0.2, 0.25) is 0 Å². The predicted molar refractivity (Wildman–Crippen MR) is 72.5 cm³/mol. The van der Waals surface area contributed by atoms with Gasteiger partial charge in [-0.1, -0.05) is 25.4 Å². The van der Waals surface area contributed by atoms with Gasteiger partial charge in [-0.2, -0.15) is 0 Å². The third-order valence-electron chi connectivity index (χ3n) is 2.97. The molecule has 5 nitrogen and oxygen atoms in total. The Kier molecular flexibility index (Phi) is 5.58. The van der Waals surface area contributed by atoms with Crippen LogP contribution in [0.1, 0.15) is 31.5 Å². The Morgan fingerprint density at radius 2 is 2.33 bits per heavy atom. The van der Waals surface area contributed by atoms with E-state index in [1.165, 1.54) is 6.42 Å². The maximum atomic E-state index is 8.62. The monoisotopic (exact) mass is 250 g/mol. The van der Waals surface area contributed by atoms with Crippen LogP contribution < -0.4 is 5.73 Å². The zero-order valence-corrected chi connectivity index (χ0v) is 11.3. The minimum atomic E-state index is 0.0430. The van der Waals surface area contributed by atoms with Crippen LogP contribution in [0.5, 0.6) is 0 Å². The van der Waals surface area contributed by atoms with Gasteiger partial charge < -0.3 is 15.8 Å². The van der Waals surface area contributed by atoms with Crippen LogP contribution in [0, 0.1) is 5.92 Å². The highest BCUT2D eigenvalue weighted by molar-refractivity contribution is 5.95. The first-order chi connectivity index (χ1) is 8.56. The molecule has 1 aromatic heterocycles. The summed E-state index contributed by atoms with van der Waals surface area (Å²) in [6, 6.07) is 3.80. The highest BCUT2D eigenvalue weighted by Gasteiger charge is 2.07. The fraction of sp³-hybridized carbons (Fsp3) is 0.538. The van der Waals surface area contributed by atoms with Gasteiger partial charge in [-0.3, -0.25) is 4.98 Å². The summed E-state index contributed by atoms with van der Waals surface area (Å²) >= 11 is 0. The molecular formula is C13H22N4O. The fourth-order valence-corrected chi connectivity index (χ4v) is 1.80. The third-order valence-corrected chi connectivity index (χ3v) is 2.97. The second-order valence-electron chi connectivity index (χ2n) is 4.74. The van der Waals surface area contributed by atoms with Gasteiger partial charge in [-0.05, 0) is 30.7 Å². The lowest BCUT2D eigenvalue weighted by Crippen LogP contribution is -2.24. The maximum Gasteiger partial charge on any atom is 0.188 e. The molecule has 0 spiro atoms. The van der Waals surface area contributed by atoms with E-state index in [0.717, 1.165) is 18.7 Å². The largest absolute Gasteiger partial charge is 0.409 e. The summed E-state index contributed by atoms with van der Waals surface area (Å²) in [5, 5.41) is 11.6. The van der Waals surface area contributed by atoms with Crippen LogP contribution in [0.3, 0.4) is 0 Å². The quantitative estimate of drug-likeness (QED) is 0.348. The molecule has 1 unspecified atom stereocenters. The average molecular weight is 250 g/mol. The molecule has 5 heteroatoms. The number of aromatic nitrogens is 1. The molecule has 0 aliphatic rings. The molecule has 0 amide bonds. The summed E-state index contributed by atoms with van der Waals surface area (Å²) in [5.41, 5.74) is 7.14. The van der Waals surface area contributed by atoms with Gasteiger partial charge in [0.1, 0.15) is 5.69 Å². The van der Waals surface area contributed by atoms with Crippen LogP contribution in [0.4, 0.5) is 0 Å². The van der Waals surface area contributed by atoms with Gasteiger partial charge in [0, 0.05) is 19.3 Å². The Hall–Kier alpha value is -1.62. The fourth-order valence-electron chi connectivity index (χ4n) is 1.80. The Morgan fingerprint density at radius 3 is 2.94 bits per heavy atom. The van der Waals surface area contributed by atoms with Crippen LogP contribution in [-0.4, -0.2) is 34.5 Å². The Labute approximate surface area is 108 Å². The standard InChI is InChI=1S/C13H22N4O/c1-4-10(2)8-17(3)9-11-5-6-15-12(7-11)13(14)16-18/h5-7,10,18H,4,8-9H2,1-3H3,(H2,14,16). The summed E-state index contributed by atoms with van der Waals surface area (Å²) in [4.78, 5) is 6.32. The van der Waals surface area contributed by atoms with E-state index in [2.05, 4.69) is 35.9 Å². The maximum absolute atomic E-state index is 8.62.